The van der Waals surface area contributed by atoms with Gasteiger partial charge in [0.1, 0.15) is 0 Å². The molecule has 0 fully saturated rings. The van der Waals surface area contributed by atoms with Crippen LogP contribution in [0.25, 0.3) is 66.8 Å². The van der Waals surface area contributed by atoms with Crippen molar-refractivity contribution in [3.63, 3.8) is 0 Å². The molecular formula is C92H95Cl6N3O12S4. The van der Waals surface area contributed by atoms with E-state index in [1.807, 2.05) is 190 Å². The number of sulfone groups is 1. The molecule has 0 heterocycles. The van der Waals surface area contributed by atoms with Crippen molar-refractivity contribution < 1.29 is 54.3 Å². The summed E-state index contributed by atoms with van der Waals surface area (Å²) in [6.45, 7) is 4.40. The molecule has 25 heteroatoms. The molecule has 1 amide bonds. The van der Waals surface area contributed by atoms with E-state index in [4.69, 9.17) is 98.0 Å². The fraction of sp³-hybridized carbons (Fsp3) is 0.207. The van der Waals surface area contributed by atoms with Crippen molar-refractivity contribution in [2.24, 2.45) is 0 Å². The van der Waals surface area contributed by atoms with Gasteiger partial charge in [0, 0.05) is 144 Å². The van der Waals surface area contributed by atoms with E-state index in [0.717, 1.165) is 99.2 Å². The van der Waals surface area contributed by atoms with Crippen molar-refractivity contribution in [3.05, 3.63) is 318 Å². The van der Waals surface area contributed by atoms with Crippen LogP contribution in [0.4, 0.5) is 17.1 Å². The van der Waals surface area contributed by atoms with Crippen molar-refractivity contribution in [3.8, 4) is 66.8 Å². The Morgan fingerprint density at radius 2 is 0.658 bits per heavy atom. The van der Waals surface area contributed by atoms with Crippen LogP contribution in [0.1, 0.15) is 40.3 Å². The SMILES string of the molecule is COCc1cc(N(C)C)ccc1-c1ccc(Cl)cc1.COCc1cc(NC(C)=O)ccc1-c1ccc(Cl)cc1.COCc1cc(NS(C)(=O)=O)ccc1-c1ccc(Cl)cc1.COCc1cc(S(C)(=O)=O)ccc1-c1ccc(Cl)cc1.COCc1cc(S(C)=O)ccc1-c1ccc(Cl)cc1.COCc1cc(SC)ccc1-c1ccc(Cl)cc1. The first kappa shape index (κ1) is 95.7. The van der Waals surface area contributed by atoms with Gasteiger partial charge in [-0.1, -0.05) is 179 Å². The lowest BCUT2D eigenvalue weighted by molar-refractivity contribution is -0.114. The van der Waals surface area contributed by atoms with Gasteiger partial charge in [-0.2, -0.15) is 0 Å². The van der Waals surface area contributed by atoms with E-state index in [-0.39, 0.29) is 5.91 Å². The first-order valence-electron chi connectivity index (χ1n) is 36.1. The van der Waals surface area contributed by atoms with Gasteiger partial charge in [0.05, 0.1) is 50.8 Å². The van der Waals surface area contributed by atoms with Crippen LogP contribution in [-0.4, -0.2) is 109 Å². The monoisotopic (exact) mass is 1770 g/mol. The summed E-state index contributed by atoms with van der Waals surface area (Å²) in [5, 5.41) is 7.03. The maximum Gasteiger partial charge on any atom is 0.229 e. The molecule has 12 aromatic carbocycles. The first-order chi connectivity index (χ1) is 55.9. The highest BCUT2D eigenvalue weighted by Gasteiger charge is 2.16. The van der Waals surface area contributed by atoms with Crippen LogP contribution in [0.5, 0.6) is 0 Å². The number of hydrogen-bond donors (Lipinski definition) is 2. The molecule has 0 bridgehead atoms. The highest BCUT2D eigenvalue weighted by molar-refractivity contribution is 7.98. The molecule has 0 aromatic heterocycles. The number of benzene rings is 12. The number of rotatable bonds is 25. The van der Waals surface area contributed by atoms with Gasteiger partial charge in [-0.25, -0.2) is 16.8 Å². The molecule has 1 atom stereocenters. The van der Waals surface area contributed by atoms with Crippen molar-refractivity contribution >= 4 is 135 Å². The molecule has 2 N–H and O–H groups in total. The number of thioether (sulfide) groups is 1. The van der Waals surface area contributed by atoms with E-state index in [0.29, 0.717) is 70.3 Å². The molecule has 0 spiro atoms. The van der Waals surface area contributed by atoms with E-state index < -0.39 is 30.7 Å². The Labute approximate surface area is 726 Å². The highest BCUT2D eigenvalue weighted by Crippen LogP contribution is 2.36. The standard InChI is InChI=1S/C16H16ClNO2.C16H18ClNO.C15H16ClNO3S.C15H15ClO3S.C15H15ClO2S.C15H15ClOS/c1-11(19)18-15-7-8-16(13(9-15)10-20-2)12-3-5-14(17)6-4-12;1-18(2)15-8-9-16(13(10-15)11-19-3)12-4-6-14(17)7-5-12;1-20-10-12-9-14(17-21(2,18)19)7-8-15(12)11-3-5-13(16)6-4-11;1-19-10-12-9-14(20(2,17)18)7-8-15(12)11-3-5-13(16)6-4-11;1-18-10-12-9-14(19(2)17)7-8-15(12)11-3-5-13(16)6-4-11;1-17-10-12-9-14(18-2)7-8-15(12)11-3-5-13(16)6-4-11/h3-9H,10H2,1-2H3,(H,18,19);4-10H,11H2,1-3H3;3-9,17H,10H2,1-2H3;3-9H,10H2,1-2H3;3-9H,10H2,1-2H3;3-9H,10H2,1-2H3. The van der Waals surface area contributed by atoms with Gasteiger partial charge in [-0.3, -0.25) is 13.7 Å². The zero-order valence-electron chi connectivity index (χ0n) is 67.2. The van der Waals surface area contributed by atoms with Crippen LogP contribution < -0.4 is 14.9 Å². The van der Waals surface area contributed by atoms with Crippen LogP contribution in [0.15, 0.2) is 269 Å². The molecule has 0 saturated heterocycles. The molecule has 0 radical (unpaired) electrons. The number of ether oxygens (including phenoxy) is 6. The van der Waals surface area contributed by atoms with Crippen molar-refractivity contribution in [1.82, 2.24) is 0 Å². The maximum atomic E-state index is 11.6. The van der Waals surface area contributed by atoms with Gasteiger partial charge < -0.3 is 38.6 Å². The smallest absolute Gasteiger partial charge is 0.229 e. The molecule has 15 nitrogen and oxygen atoms in total. The van der Waals surface area contributed by atoms with E-state index >= 15 is 0 Å². The Bertz CT molecular complexity index is 5460. The van der Waals surface area contributed by atoms with Gasteiger partial charge in [-0.15, -0.1) is 11.8 Å². The second-order valence-electron chi connectivity index (χ2n) is 26.6. The van der Waals surface area contributed by atoms with Gasteiger partial charge in [0.2, 0.25) is 15.9 Å². The topological polar surface area (TPSA) is 185 Å². The number of amides is 1. The van der Waals surface area contributed by atoms with Crippen LogP contribution >= 0.6 is 81.4 Å². The molecule has 12 aromatic rings. The number of carbonyl (C=O) groups excluding carboxylic acids is 1. The lowest BCUT2D eigenvalue weighted by Crippen LogP contribution is -2.10. The quantitative estimate of drug-likeness (QED) is 0.0515. The van der Waals surface area contributed by atoms with Crippen molar-refractivity contribution in [2.75, 3.05) is 96.7 Å². The molecule has 0 aliphatic carbocycles. The number of sulfonamides is 1. The molecule has 117 heavy (non-hydrogen) atoms. The van der Waals surface area contributed by atoms with Gasteiger partial charge in [0.15, 0.2) is 9.84 Å². The Morgan fingerprint density at radius 1 is 0.376 bits per heavy atom. The summed E-state index contributed by atoms with van der Waals surface area (Å²) in [6, 6.07) is 80.8. The summed E-state index contributed by atoms with van der Waals surface area (Å²) in [6.07, 6.45) is 6.07. The summed E-state index contributed by atoms with van der Waals surface area (Å²) < 4.78 is 91.3. The number of nitrogens with zero attached hydrogens (tertiary/aromatic N) is 1. The number of carbonyl (C=O) groups is 1. The van der Waals surface area contributed by atoms with Crippen LogP contribution in [0, 0.1) is 0 Å². The zero-order chi connectivity index (χ0) is 85.4. The highest BCUT2D eigenvalue weighted by atomic mass is 35.5. The lowest BCUT2D eigenvalue weighted by atomic mass is 9.99. The largest absolute Gasteiger partial charge is 0.380 e. The lowest BCUT2D eigenvalue weighted by Gasteiger charge is -2.16. The second-order valence-corrected chi connectivity index (χ2v) is 35.2. The Hall–Kier alpha value is -8.39. The fourth-order valence-electron chi connectivity index (χ4n) is 12.0. The molecule has 0 saturated carbocycles. The molecule has 1 unspecified atom stereocenters. The molecule has 12 rings (SSSR count). The van der Waals surface area contributed by atoms with Crippen molar-refractivity contribution in [1.29, 1.82) is 0 Å². The zero-order valence-corrected chi connectivity index (χ0v) is 75.0. The van der Waals surface area contributed by atoms with E-state index in [1.54, 1.807) is 103 Å². The Balaban J connectivity index is 0.000000194. The number of halogens is 6. The fourth-order valence-corrected chi connectivity index (χ4v) is 15.0. The minimum atomic E-state index is -3.30. The first-order valence-corrected chi connectivity index (χ1v) is 45.0. The normalized spacial score (nSPS) is 11.1. The van der Waals surface area contributed by atoms with Crippen LogP contribution in [0.2, 0.25) is 30.1 Å². The second kappa shape index (κ2) is 48.0. The summed E-state index contributed by atoms with van der Waals surface area (Å²) in [5.41, 5.74) is 21.5. The average molecular weight is 1780 g/mol. The van der Waals surface area contributed by atoms with Gasteiger partial charge >= 0.3 is 0 Å². The third-order valence-corrected chi connectivity index (χ3v) is 22.3. The van der Waals surface area contributed by atoms with Gasteiger partial charge in [0.25, 0.3) is 0 Å². The van der Waals surface area contributed by atoms with E-state index in [2.05, 4.69) is 57.6 Å². The minimum Gasteiger partial charge on any atom is -0.380 e. The molecule has 0 aliphatic heterocycles. The van der Waals surface area contributed by atoms with E-state index in [1.165, 1.54) is 51.6 Å². The van der Waals surface area contributed by atoms with Crippen molar-refractivity contribution in [2.45, 2.75) is 61.3 Å². The summed E-state index contributed by atoms with van der Waals surface area (Å²) >= 11 is 37.2. The number of hydrogen-bond acceptors (Lipinski definition) is 14. The number of nitrogens with one attached hydrogen (secondary N) is 2. The number of anilines is 3. The summed E-state index contributed by atoms with van der Waals surface area (Å²) in [4.78, 5) is 15.6. The molecular weight excluding hydrogens is 1680 g/mol. The van der Waals surface area contributed by atoms with Crippen LogP contribution in [0.3, 0.4) is 0 Å². The Morgan fingerprint density at radius 3 is 0.966 bits per heavy atom. The molecule has 616 valence electrons. The average Bonchev–Trinajstić information content (AvgIpc) is 0.409. The van der Waals surface area contributed by atoms with Gasteiger partial charge in [-0.05, 0) is 252 Å². The third kappa shape index (κ3) is 31.0. The molecule has 0 aliphatic rings. The number of methoxy groups -OCH3 is 6. The predicted molar refractivity (Wildman–Crippen MR) is 490 cm³/mol. The van der Waals surface area contributed by atoms with E-state index in [9.17, 15) is 25.8 Å². The summed E-state index contributed by atoms with van der Waals surface area (Å²) in [7, 11) is 6.48. The maximum absolute atomic E-state index is 11.6. The van der Waals surface area contributed by atoms with Crippen LogP contribution in [-0.2, 0) is 104 Å². The third-order valence-electron chi connectivity index (χ3n) is 17.4. The predicted octanol–water partition coefficient (Wildman–Crippen LogP) is 24.2. The summed E-state index contributed by atoms with van der Waals surface area (Å²) in [5.74, 6) is -0.0902. The minimum absolute atomic E-state index is 0.0902. The Kier molecular flexibility index (Phi) is 39.3.